The third-order valence-electron chi connectivity index (χ3n) is 4.92. The molecule has 0 fully saturated rings. The molecule has 0 aliphatic rings. The van der Waals surface area contributed by atoms with Gasteiger partial charge in [-0.05, 0) is 6.42 Å². The molecule has 28 heavy (non-hydrogen) atoms. The molecule has 0 aliphatic carbocycles. The van der Waals surface area contributed by atoms with Crippen molar-refractivity contribution < 1.29 is 19.1 Å². The molecule has 0 saturated heterocycles. The summed E-state index contributed by atoms with van der Waals surface area (Å²) in [6.07, 6.45) is 19.4. The number of hydrogen-bond acceptors (Lipinski definition) is 4. The molecule has 166 valence electrons. The topological polar surface area (TPSA) is 52.6 Å². The summed E-state index contributed by atoms with van der Waals surface area (Å²) in [6, 6.07) is 0. The molecule has 0 amide bonds. The van der Waals surface area contributed by atoms with E-state index < -0.39 is 12.1 Å². The molecule has 5 heteroatoms. The maximum atomic E-state index is 11.7. The molecular weight excluding hydrogens is 376 g/mol. The van der Waals surface area contributed by atoms with Crippen molar-refractivity contribution in [2.24, 2.45) is 0 Å². The smallest absolute Gasteiger partial charge is 0.305 e. The van der Waals surface area contributed by atoms with E-state index in [0.717, 1.165) is 12.8 Å². The van der Waals surface area contributed by atoms with Crippen LogP contribution in [0.4, 0.5) is 0 Å². The SMILES string of the molecule is CCCCCCCCCCCCCCCCCC(=O)OC[C@H](CCl)OC(C)=O. The van der Waals surface area contributed by atoms with Crippen LogP contribution in [-0.2, 0) is 19.1 Å². The Morgan fingerprint density at radius 2 is 1.18 bits per heavy atom. The molecular formula is C23H43ClO4. The largest absolute Gasteiger partial charge is 0.462 e. The second-order valence-electron chi connectivity index (χ2n) is 7.77. The average molecular weight is 419 g/mol. The number of alkyl halides is 1. The van der Waals surface area contributed by atoms with Gasteiger partial charge in [-0.25, -0.2) is 0 Å². The van der Waals surface area contributed by atoms with Crippen molar-refractivity contribution in [3.8, 4) is 0 Å². The molecule has 0 radical (unpaired) electrons. The lowest BCUT2D eigenvalue weighted by atomic mass is 10.0. The van der Waals surface area contributed by atoms with E-state index in [2.05, 4.69) is 6.92 Å². The minimum atomic E-state index is -0.552. The van der Waals surface area contributed by atoms with Gasteiger partial charge in [-0.1, -0.05) is 96.8 Å². The minimum Gasteiger partial charge on any atom is -0.462 e. The second kappa shape index (κ2) is 21.0. The molecule has 0 unspecified atom stereocenters. The van der Waals surface area contributed by atoms with E-state index in [4.69, 9.17) is 21.1 Å². The zero-order chi connectivity index (χ0) is 20.9. The van der Waals surface area contributed by atoms with Crippen LogP contribution in [0.5, 0.6) is 0 Å². The number of rotatable bonds is 20. The molecule has 0 aromatic heterocycles. The first kappa shape index (κ1) is 27.2. The second-order valence-corrected chi connectivity index (χ2v) is 8.08. The first-order chi connectivity index (χ1) is 13.6. The van der Waals surface area contributed by atoms with Gasteiger partial charge in [-0.3, -0.25) is 9.59 Å². The lowest BCUT2D eigenvalue weighted by Crippen LogP contribution is -2.25. The Bertz CT molecular complexity index is 374. The van der Waals surface area contributed by atoms with Gasteiger partial charge in [-0.2, -0.15) is 0 Å². The summed E-state index contributed by atoms with van der Waals surface area (Å²) in [5.41, 5.74) is 0. The van der Waals surface area contributed by atoms with Gasteiger partial charge in [0.15, 0.2) is 0 Å². The van der Waals surface area contributed by atoms with Gasteiger partial charge in [-0.15, -0.1) is 11.6 Å². The first-order valence-corrected chi connectivity index (χ1v) is 12.0. The van der Waals surface area contributed by atoms with Crippen LogP contribution in [0.15, 0.2) is 0 Å². The van der Waals surface area contributed by atoms with E-state index in [1.165, 1.54) is 90.4 Å². The lowest BCUT2D eigenvalue weighted by molar-refractivity contribution is -0.156. The van der Waals surface area contributed by atoms with Crippen molar-refractivity contribution in [2.75, 3.05) is 12.5 Å². The van der Waals surface area contributed by atoms with E-state index in [0.29, 0.717) is 6.42 Å². The molecule has 0 aromatic rings. The molecule has 0 heterocycles. The Morgan fingerprint density at radius 3 is 1.57 bits per heavy atom. The molecule has 0 N–H and O–H groups in total. The number of esters is 2. The van der Waals surface area contributed by atoms with E-state index in [9.17, 15) is 9.59 Å². The van der Waals surface area contributed by atoms with Crippen LogP contribution < -0.4 is 0 Å². The fourth-order valence-corrected chi connectivity index (χ4v) is 3.40. The van der Waals surface area contributed by atoms with Crippen molar-refractivity contribution in [3.63, 3.8) is 0 Å². The number of ether oxygens (including phenoxy) is 2. The molecule has 4 nitrogen and oxygen atoms in total. The first-order valence-electron chi connectivity index (χ1n) is 11.5. The van der Waals surface area contributed by atoms with E-state index in [1.54, 1.807) is 0 Å². The minimum absolute atomic E-state index is 0.0423. The molecule has 0 rings (SSSR count). The summed E-state index contributed by atoms with van der Waals surface area (Å²) >= 11 is 5.67. The zero-order valence-electron chi connectivity index (χ0n) is 18.3. The van der Waals surface area contributed by atoms with E-state index in [1.807, 2.05) is 0 Å². The summed E-state index contributed by atoms with van der Waals surface area (Å²) in [5.74, 6) is -0.521. The van der Waals surface area contributed by atoms with Crippen molar-refractivity contribution >= 4 is 23.5 Å². The van der Waals surface area contributed by atoms with Crippen LogP contribution in [0.2, 0.25) is 0 Å². The highest BCUT2D eigenvalue weighted by Gasteiger charge is 2.13. The number of unbranched alkanes of at least 4 members (excludes halogenated alkanes) is 14. The Labute approximate surface area is 178 Å². The van der Waals surface area contributed by atoms with Crippen molar-refractivity contribution in [1.29, 1.82) is 0 Å². The van der Waals surface area contributed by atoms with Gasteiger partial charge in [0, 0.05) is 13.3 Å². The van der Waals surface area contributed by atoms with Crippen molar-refractivity contribution in [3.05, 3.63) is 0 Å². The molecule has 0 saturated carbocycles. The summed E-state index contributed by atoms with van der Waals surface area (Å²) in [6.45, 7) is 3.62. The highest BCUT2D eigenvalue weighted by Crippen LogP contribution is 2.14. The fraction of sp³-hybridized carbons (Fsp3) is 0.913. The van der Waals surface area contributed by atoms with Crippen molar-refractivity contribution in [2.45, 2.75) is 123 Å². The highest BCUT2D eigenvalue weighted by molar-refractivity contribution is 6.18. The standard InChI is InChI=1S/C23H43ClO4/c1-3-4-5-6-7-8-9-10-11-12-13-14-15-16-17-18-23(26)27-20-22(19-24)28-21(2)25/h22H,3-20H2,1-2H3/t22-/m0/s1. The molecule has 0 aliphatic heterocycles. The van der Waals surface area contributed by atoms with Gasteiger partial charge in [0.05, 0.1) is 5.88 Å². The number of halogens is 1. The maximum absolute atomic E-state index is 11.7. The quantitative estimate of drug-likeness (QED) is 0.122. The Morgan fingerprint density at radius 1 is 0.750 bits per heavy atom. The van der Waals surface area contributed by atoms with Crippen LogP contribution in [0, 0.1) is 0 Å². The number of hydrogen-bond donors (Lipinski definition) is 0. The predicted molar refractivity (Wildman–Crippen MR) is 117 cm³/mol. The summed E-state index contributed by atoms with van der Waals surface area (Å²) in [7, 11) is 0. The summed E-state index contributed by atoms with van der Waals surface area (Å²) in [5, 5.41) is 0. The molecule has 1 atom stereocenters. The Balaban J connectivity index is 3.30. The van der Waals surface area contributed by atoms with Gasteiger partial charge >= 0.3 is 11.9 Å². The molecule has 0 bridgehead atoms. The normalized spacial score (nSPS) is 12.0. The predicted octanol–water partition coefficient (Wildman–Crippen LogP) is 6.96. The average Bonchev–Trinajstić information content (AvgIpc) is 2.67. The highest BCUT2D eigenvalue weighted by atomic mass is 35.5. The van der Waals surface area contributed by atoms with Crippen LogP contribution in [-0.4, -0.2) is 30.5 Å². The molecule has 0 spiro atoms. The van der Waals surface area contributed by atoms with Crippen molar-refractivity contribution in [1.82, 2.24) is 0 Å². The number of carbonyl (C=O) groups excluding carboxylic acids is 2. The van der Waals surface area contributed by atoms with Gasteiger partial charge in [0.25, 0.3) is 0 Å². The van der Waals surface area contributed by atoms with E-state index >= 15 is 0 Å². The fourth-order valence-electron chi connectivity index (χ4n) is 3.24. The summed E-state index contributed by atoms with van der Waals surface area (Å²) < 4.78 is 10.0. The van der Waals surface area contributed by atoms with Crippen LogP contribution in [0.25, 0.3) is 0 Å². The van der Waals surface area contributed by atoms with Gasteiger partial charge in [0.1, 0.15) is 12.7 Å². The monoisotopic (exact) mass is 418 g/mol. The van der Waals surface area contributed by atoms with Crippen LogP contribution in [0.1, 0.15) is 117 Å². The van der Waals surface area contributed by atoms with Gasteiger partial charge < -0.3 is 9.47 Å². The lowest BCUT2D eigenvalue weighted by Gasteiger charge is -2.14. The van der Waals surface area contributed by atoms with Crippen LogP contribution >= 0.6 is 11.6 Å². The van der Waals surface area contributed by atoms with Crippen LogP contribution in [0.3, 0.4) is 0 Å². The Kier molecular flexibility index (Phi) is 20.4. The zero-order valence-corrected chi connectivity index (χ0v) is 19.1. The van der Waals surface area contributed by atoms with Gasteiger partial charge in [0.2, 0.25) is 0 Å². The number of carbonyl (C=O) groups is 2. The molecule has 0 aromatic carbocycles. The third-order valence-corrected chi connectivity index (χ3v) is 5.26. The Hall–Kier alpha value is -0.770. The third kappa shape index (κ3) is 20.0. The van der Waals surface area contributed by atoms with E-state index in [-0.39, 0.29) is 18.5 Å². The maximum Gasteiger partial charge on any atom is 0.305 e. The summed E-state index contributed by atoms with van der Waals surface area (Å²) in [4.78, 5) is 22.5.